The molecule has 1 rings (SSSR count). The highest BCUT2D eigenvalue weighted by atomic mass is 16.2. The quantitative estimate of drug-likeness (QED) is 0.210. The zero-order valence-electron chi connectivity index (χ0n) is 6.34. The van der Waals surface area contributed by atoms with Crippen LogP contribution in [0.1, 0.15) is 0 Å². The molecule has 1 fully saturated rings. The summed E-state index contributed by atoms with van der Waals surface area (Å²) in [6.07, 6.45) is 1.50. The Kier molecular flexibility index (Phi) is 9.92. The van der Waals surface area contributed by atoms with Crippen molar-refractivity contribution in [3.8, 4) is 0 Å². The van der Waals surface area contributed by atoms with E-state index >= 15 is 0 Å². The van der Waals surface area contributed by atoms with E-state index in [0.29, 0.717) is 0 Å². The van der Waals surface area contributed by atoms with Gasteiger partial charge in [0.15, 0.2) is 0 Å². The molecule has 1 aliphatic rings. The van der Waals surface area contributed by atoms with E-state index in [9.17, 15) is 9.59 Å². The number of imide groups is 1. The first-order chi connectivity index (χ1) is 6.12. The fourth-order valence-electron chi connectivity index (χ4n) is 0.376. The average Bonchev–Trinajstić information content (AvgIpc) is 2.38. The Hall–Kier alpha value is -2.30. The van der Waals surface area contributed by atoms with Crippen molar-refractivity contribution in [1.82, 2.24) is 10.6 Å². The number of rotatable bonds is 0. The minimum Gasteiger partial charge on any atom is -0.329 e. The van der Waals surface area contributed by atoms with Crippen molar-refractivity contribution in [2.75, 3.05) is 6.54 Å². The first-order valence-corrected chi connectivity index (χ1v) is 2.77. The summed E-state index contributed by atoms with van der Waals surface area (Å²) in [4.78, 5) is 36.8. The van der Waals surface area contributed by atoms with Crippen LogP contribution >= 0.6 is 0 Å². The second-order valence-electron chi connectivity index (χ2n) is 1.43. The molecule has 0 aromatic heterocycles. The van der Waals surface area contributed by atoms with Gasteiger partial charge < -0.3 is 5.32 Å². The van der Waals surface area contributed by atoms with Crippen LogP contribution in [0.15, 0.2) is 0 Å². The third-order valence-electron chi connectivity index (χ3n) is 0.662. The molecule has 8 heteroatoms. The zero-order chi connectivity index (χ0) is 10.7. The highest BCUT2D eigenvalue weighted by molar-refractivity contribution is 6.01. The number of hydrogen-bond acceptors (Lipinski definition) is 6. The Balaban J connectivity index is 0. The fourth-order valence-corrected chi connectivity index (χ4v) is 0.376. The zero-order valence-corrected chi connectivity index (χ0v) is 6.34. The van der Waals surface area contributed by atoms with Crippen LogP contribution in [0, 0.1) is 10.8 Å². The third kappa shape index (κ3) is 12.8. The van der Waals surface area contributed by atoms with E-state index in [0.717, 1.165) is 12.2 Å². The van der Waals surface area contributed by atoms with E-state index < -0.39 is 6.03 Å². The lowest BCUT2D eigenvalue weighted by atomic mass is 10.7. The molecule has 1 aliphatic heterocycles. The van der Waals surface area contributed by atoms with Crippen LogP contribution in [0.5, 0.6) is 0 Å². The minimum atomic E-state index is -0.398. The number of isocyanates is 2. The van der Waals surface area contributed by atoms with Gasteiger partial charge in [0, 0.05) is 0 Å². The van der Waals surface area contributed by atoms with Gasteiger partial charge in [-0.1, -0.05) is 0 Å². The molecule has 0 atom stereocenters. The van der Waals surface area contributed by atoms with Gasteiger partial charge in [0.2, 0.25) is 18.1 Å². The molecule has 0 aromatic rings. The van der Waals surface area contributed by atoms with Crippen LogP contribution in [0.25, 0.3) is 0 Å². The molecule has 0 unspecified atom stereocenters. The van der Waals surface area contributed by atoms with Crippen molar-refractivity contribution in [2.45, 2.75) is 0 Å². The minimum absolute atomic E-state index is 0.124. The van der Waals surface area contributed by atoms with E-state index in [2.05, 4.69) is 5.32 Å². The number of nitrogens with one attached hydrogen (secondary N) is 4. The van der Waals surface area contributed by atoms with Gasteiger partial charge in [-0.15, -0.1) is 0 Å². The standard InChI is InChI=1S/C3H4N2O2.2CHNO/c6-2-1-4-3(7)5-2;2*2-1-3/h1H2,(H2,4,5,6,7);2*2H. The first-order valence-electron chi connectivity index (χ1n) is 2.77. The summed E-state index contributed by atoms with van der Waals surface area (Å²) in [6, 6.07) is -0.398. The predicted octanol–water partition coefficient (Wildman–Crippen LogP) is -1.37. The summed E-state index contributed by atoms with van der Waals surface area (Å²) in [5.41, 5.74) is 0. The summed E-state index contributed by atoms with van der Waals surface area (Å²) in [6.45, 7) is 0.124. The molecule has 3 amide bonds. The van der Waals surface area contributed by atoms with Crippen LogP contribution in [-0.2, 0) is 14.4 Å². The highest BCUT2D eigenvalue weighted by Gasteiger charge is 2.14. The molecule has 4 N–H and O–H groups in total. The number of carbonyl (C=O) groups excluding carboxylic acids is 4. The largest absolute Gasteiger partial charge is 0.329 e. The SMILES string of the molecule is N=C=O.N=C=O.O=C1CNC(=O)N1. The Labute approximate surface area is 72.3 Å². The second-order valence-corrected chi connectivity index (χ2v) is 1.43. The summed E-state index contributed by atoms with van der Waals surface area (Å²) in [5, 5.41) is 15.1. The van der Waals surface area contributed by atoms with Crippen molar-refractivity contribution >= 4 is 24.1 Å². The topological polar surface area (TPSA) is 140 Å². The molecule has 0 bridgehead atoms. The van der Waals surface area contributed by atoms with Crippen LogP contribution < -0.4 is 10.6 Å². The Morgan fingerprint density at radius 1 is 1.15 bits per heavy atom. The number of amides is 3. The maximum absolute atomic E-state index is 10.1. The molecule has 70 valence electrons. The van der Waals surface area contributed by atoms with Gasteiger partial charge in [0.05, 0.1) is 6.54 Å². The van der Waals surface area contributed by atoms with Crippen LogP contribution in [0.2, 0.25) is 0 Å². The van der Waals surface area contributed by atoms with E-state index in [1.165, 1.54) is 0 Å². The summed E-state index contributed by atoms with van der Waals surface area (Å²) in [7, 11) is 0. The van der Waals surface area contributed by atoms with Crippen molar-refractivity contribution < 1.29 is 19.2 Å². The van der Waals surface area contributed by atoms with E-state index in [-0.39, 0.29) is 12.5 Å². The normalized spacial score (nSPS) is 11.4. The Bertz CT molecular complexity index is 223. The highest BCUT2D eigenvalue weighted by Crippen LogP contribution is 1.73. The van der Waals surface area contributed by atoms with Gasteiger partial charge in [0.1, 0.15) is 0 Å². The Morgan fingerprint density at radius 3 is 1.62 bits per heavy atom. The average molecular weight is 186 g/mol. The van der Waals surface area contributed by atoms with Crippen LogP contribution in [-0.4, -0.2) is 30.6 Å². The van der Waals surface area contributed by atoms with Crippen molar-refractivity contribution in [2.24, 2.45) is 0 Å². The van der Waals surface area contributed by atoms with Gasteiger partial charge in [-0.3, -0.25) is 10.1 Å². The predicted molar refractivity (Wildman–Crippen MR) is 38.4 cm³/mol. The van der Waals surface area contributed by atoms with Crippen molar-refractivity contribution in [3.05, 3.63) is 0 Å². The number of hydrogen-bond donors (Lipinski definition) is 4. The molecule has 1 saturated heterocycles. The molecule has 0 saturated carbocycles. The molecule has 8 nitrogen and oxygen atoms in total. The Morgan fingerprint density at radius 2 is 1.54 bits per heavy atom. The third-order valence-corrected chi connectivity index (χ3v) is 0.662. The molecule has 0 radical (unpaired) electrons. The monoisotopic (exact) mass is 186 g/mol. The van der Waals surface area contributed by atoms with Gasteiger partial charge in [0.25, 0.3) is 0 Å². The molecule has 1 heterocycles. The maximum atomic E-state index is 10.1. The molecule has 13 heavy (non-hydrogen) atoms. The van der Waals surface area contributed by atoms with E-state index in [1.807, 2.05) is 5.32 Å². The molecular formula is C5H6N4O4. The number of carbonyl (C=O) groups is 2. The first kappa shape index (κ1) is 13.3. The van der Waals surface area contributed by atoms with E-state index in [4.69, 9.17) is 20.4 Å². The van der Waals surface area contributed by atoms with Crippen molar-refractivity contribution in [3.63, 3.8) is 0 Å². The lowest BCUT2D eigenvalue weighted by Gasteiger charge is -1.78. The summed E-state index contributed by atoms with van der Waals surface area (Å²) in [5.74, 6) is -0.259. The maximum Gasteiger partial charge on any atom is 0.321 e. The molecular weight excluding hydrogens is 180 g/mol. The molecule has 0 aliphatic carbocycles. The second kappa shape index (κ2) is 9.70. The smallest absolute Gasteiger partial charge is 0.321 e. The van der Waals surface area contributed by atoms with Gasteiger partial charge in [-0.2, -0.15) is 0 Å². The van der Waals surface area contributed by atoms with Gasteiger partial charge in [-0.25, -0.2) is 25.2 Å². The van der Waals surface area contributed by atoms with E-state index in [1.54, 1.807) is 0 Å². The van der Waals surface area contributed by atoms with Crippen molar-refractivity contribution in [1.29, 1.82) is 10.8 Å². The van der Waals surface area contributed by atoms with Gasteiger partial charge in [-0.05, 0) is 0 Å². The fraction of sp³-hybridized carbons (Fsp3) is 0.200. The van der Waals surface area contributed by atoms with Crippen LogP contribution in [0.3, 0.4) is 0 Å². The van der Waals surface area contributed by atoms with Gasteiger partial charge >= 0.3 is 6.03 Å². The van der Waals surface area contributed by atoms with Crippen LogP contribution in [0.4, 0.5) is 4.79 Å². The molecule has 0 spiro atoms. The number of urea groups is 1. The summed E-state index contributed by atoms with van der Waals surface area (Å²) < 4.78 is 0. The summed E-state index contributed by atoms with van der Waals surface area (Å²) >= 11 is 0. The molecule has 0 aromatic carbocycles. The lowest BCUT2D eigenvalue weighted by molar-refractivity contribution is -0.117. The lowest BCUT2D eigenvalue weighted by Crippen LogP contribution is -2.22.